The SMILES string of the molecule is CCN(C)C(=O)CNc1ccc(N)c(OC(C)(C)C)n1. The molecule has 0 aliphatic heterocycles. The van der Waals surface area contributed by atoms with E-state index in [-0.39, 0.29) is 18.1 Å². The first-order valence-corrected chi connectivity index (χ1v) is 6.66. The highest BCUT2D eigenvalue weighted by Gasteiger charge is 2.15. The molecule has 1 amide bonds. The van der Waals surface area contributed by atoms with Crippen molar-refractivity contribution in [3.8, 4) is 5.88 Å². The van der Waals surface area contributed by atoms with Gasteiger partial charge in [-0.2, -0.15) is 4.98 Å². The molecule has 0 atom stereocenters. The van der Waals surface area contributed by atoms with Crippen LogP contribution in [-0.4, -0.2) is 41.5 Å². The zero-order chi connectivity index (χ0) is 15.3. The second-order valence-corrected chi connectivity index (χ2v) is 5.57. The standard InChI is InChI=1S/C14H24N4O2/c1-6-18(5)12(19)9-16-11-8-7-10(15)13(17-11)20-14(2,3)4/h7-8H,6,9,15H2,1-5H3,(H,16,17). The van der Waals surface area contributed by atoms with Crippen LogP contribution in [0.1, 0.15) is 27.7 Å². The number of anilines is 2. The van der Waals surface area contributed by atoms with E-state index in [0.29, 0.717) is 23.9 Å². The maximum absolute atomic E-state index is 11.7. The average Bonchev–Trinajstić information content (AvgIpc) is 2.36. The Bertz CT molecular complexity index is 469. The van der Waals surface area contributed by atoms with E-state index in [2.05, 4.69) is 10.3 Å². The predicted octanol–water partition coefficient (Wildman–Crippen LogP) is 1.73. The molecule has 0 radical (unpaired) electrons. The van der Waals surface area contributed by atoms with Crippen LogP contribution in [0.4, 0.5) is 11.5 Å². The molecule has 0 bridgehead atoms. The van der Waals surface area contributed by atoms with Gasteiger partial charge < -0.3 is 20.7 Å². The number of rotatable bonds is 5. The zero-order valence-corrected chi connectivity index (χ0v) is 12.9. The largest absolute Gasteiger partial charge is 0.470 e. The highest BCUT2D eigenvalue weighted by molar-refractivity contribution is 5.80. The van der Waals surface area contributed by atoms with Crippen molar-refractivity contribution in [2.45, 2.75) is 33.3 Å². The van der Waals surface area contributed by atoms with Gasteiger partial charge in [0.15, 0.2) is 0 Å². The van der Waals surface area contributed by atoms with Crippen LogP contribution in [0.2, 0.25) is 0 Å². The lowest BCUT2D eigenvalue weighted by atomic mass is 10.2. The third kappa shape index (κ3) is 4.95. The van der Waals surface area contributed by atoms with E-state index in [4.69, 9.17) is 10.5 Å². The lowest BCUT2D eigenvalue weighted by Gasteiger charge is -2.22. The Morgan fingerprint density at radius 2 is 2.10 bits per heavy atom. The Morgan fingerprint density at radius 3 is 2.65 bits per heavy atom. The van der Waals surface area contributed by atoms with Gasteiger partial charge >= 0.3 is 0 Å². The summed E-state index contributed by atoms with van der Waals surface area (Å²) >= 11 is 0. The van der Waals surface area contributed by atoms with Gasteiger partial charge in [-0.3, -0.25) is 4.79 Å². The number of amides is 1. The molecule has 6 heteroatoms. The number of hydrogen-bond acceptors (Lipinski definition) is 5. The number of aromatic nitrogens is 1. The van der Waals surface area contributed by atoms with E-state index in [0.717, 1.165) is 0 Å². The van der Waals surface area contributed by atoms with E-state index in [1.165, 1.54) is 0 Å². The quantitative estimate of drug-likeness (QED) is 0.858. The van der Waals surface area contributed by atoms with Gasteiger partial charge in [0.25, 0.3) is 0 Å². The number of likely N-dealkylation sites (N-methyl/N-ethyl adjacent to an activating group) is 1. The Balaban J connectivity index is 2.73. The van der Waals surface area contributed by atoms with Crippen molar-refractivity contribution in [3.05, 3.63) is 12.1 Å². The monoisotopic (exact) mass is 280 g/mol. The predicted molar refractivity (Wildman–Crippen MR) is 80.8 cm³/mol. The smallest absolute Gasteiger partial charge is 0.241 e. The molecule has 6 nitrogen and oxygen atoms in total. The van der Waals surface area contributed by atoms with Crippen LogP contribution < -0.4 is 15.8 Å². The summed E-state index contributed by atoms with van der Waals surface area (Å²) < 4.78 is 5.68. The fraction of sp³-hybridized carbons (Fsp3) is 0.571. The highest BCUT2D eigenvalue weighted by atomic mass is 16.5. The van der Waals surface area contributed by atoms with Gasteiger partial charge in [-0.1, -0.05) is 0 Å². The van der Waals surface area contributed by atoms with Crippen LogP contribution in [0.25, 0.3) is 0 Å². The Morgan fingerprint density at radius 1 is 1.45 bits per heavy atom. The van der Waals surface area contributed by atoms with Gasteiger partial charge in [0.1, 0.15) is 11.4 Å². The molecule has 0 spiro atoms. The van der Waals surface area contributed by atoms with E-state index in [1.54, 1.807) is 24.1 Å². The molecular formula is C14H24N4O2. The molecule has 20 heavy (non-hydrogen) atoms. The number of nitrogen functional groups attached to an aromatic ring is 1. The Kier molecular flexibility index (Phi) is 5.19. The molecule has 0 aliphatic carbocycles. The minimum atomic E-state index is -0.377. The summed E-state index contributed by atoms with van der Waals surface area (Å²) in [6.45, 7) is 8.56. The molecule has 0 fully saturated rings. The van der Waals surface area contributed by atoms with Crippen LogP contribution in [0.5, 0.6) is 5.88 Å². The lowest BCUT2D eigenvalue weighted by molar-refractivity contribution is -0.127. The summed E-state index contributed by atoms with van der Waals surface area (Å²) in [7, 11) is 1.76. The Labute approximate surface area is 120 Å². The first-order chi connectivity index (χ1) is 9.23. The number of ether oxygens (including phenoxy) is 1. The maximum atomic E-state index is 11.7. The molecule has 1 aromatic rings. The van der Waals surface area contributed by atoms with E-state index < -0.39 is 0 Å². The highest BCUT2D eigenvalue weighted by Crippen LogP contribution is 2.24. The molecule has 1 heterocycles. The molecule has 0 aliphatic rings. The molecule has 1 aromatic heterocycles. The second-order valence-electron chi connectivity index (χ2n) is 5.57. The number of nitrogens with one attached hydrogen (secondary N) is 1. The van der Waals surface area contributed by atoms with E-state index in [9.17, 15) is 4.79 Å². The number of hydrogen-bond donors (Lipinski definition) is 2. The molecule has 0 saturated carbocycles. The normalized spacial score (nSPS) is 11.1. The van der Waals surface area contributed by atoms with Crippen molar-refractivity contribution in [1.29, 1.82) is 0 Å². The van der Waals surface area contributed by atoms with Crippen LogP contribution in [0, 0.1) is 0 Å². The second kappa shape index (κ2) is 6.45. The van der Waals surface area contributed by atoms with Gasteiger partial charge in [-0.25, -0.2) is 0 Å². The van der Waals surface area contributed by atoms with E-state index in [1.807, 2.05) is 27.7 Å². The van der Waals surface area contributed by atoms with Crippen molar-refractivity contribution in [2.75, 3.05) is 31.2 Å². The van der Waals surface area contributed by atoms with Crippen LogP contribution in [-0.2, 0) is 4.79 Å². The molecule has 0 saturated heterocycles. The van der Waals surface area contributed by atoms with Gasteiger partial charge in [-0.15, -0.1) is 0 Å². The first kappa shape index (κ1) is 16.1. The van der Waals surface area contributed by atoms with Crippen molar-refractivity contribution in [2.24, 2.45) is 0 Å². The fourth-order valence-electron chi connectivity index (χ4n) is 1.40. The summed E-state index contributed by atoms with van der Waals surface area (Å²) in [5, 5.41) is 2.98. The average molecular weight is 280 g/mol. The van der Waals surface area contributed by atoms with Crippen molar-refractivity contribution < 1.29 is 9.53 Å². The lowest BCUT2D eigenvalue weighted by Crippen LogP contribution is -2.32. The van der Waals surface area contributed by atoms with E-state index >= 15 is 0 Å². The summed E-state index contributed by atoms with van der Waals surface area (Å²) in [4.78, 5) is 17.6. The summed E-state index contributed by atoms with van der Waals surface area (Å²) in [5.41, 5.74) is 5.93. The number of carbonyl (C=O) groups is 1. The van der Waals surface area contributed by atoms with Gasteiger partial charge in [-0.05, 0) is 39.8 Å². The van der Waals surface area contributed by atoms with Crippen molar-refractivity contribution in [1.82, 2.24) is 9.88 Å². The van der Waals surface area contributed by atoms with Crippen LogP contribution in [0.3, 0.4) is 0 Å². The van der Waals surface area contributed by atoms with Crippen LogP contribution in [0.15, 0.2) is 12.1 Å². The van der Waals surface area contributed by atoms with Gasteiger partial charge in [0, 0.05) is 13.6 Å². The number of carbonyl (C=O) groups excluding carboxylic acids is 1. The Hall–Kier alpha value is -1.98. The van der Waals surface area contributed by atoms with Crippen molar-refractivity contribution in [3.63, 3.8) is 0 Å². The fourth-order valence-corrected chi connectivity index (χ4v) is 1.40. The van der Waals surface area contributed by atoms with Crippen molar-refractivity contribution >= 4 is 17.4 Å². The molecule has 0 unspecified atom stereocenters. The van der Waals surface area contributed by atoms with Gasteiger partial charge in [0.05, 0.1) is 12.2 Å². The maximum Gasteiger partial charge on any atom is 0.241 e. The third-order valence-electron chi connectivity index (χ3n) is 2.61. The first-order valence-electron chi connectivity index (χ1n) is 6.66. The molecule has 1 rings (SSSR count). The molecule has 0 aromatic carbocycles. The molecule has 112 valence electrons. The number of nitrogens with two attached hydrogens (primary N) is 1. The summed E-state index contributed by atoms with van der Waals surface area (Å²) in [6, 6.07) is 3.44. The number of pyridine rings is 1. The number of nitrogens with zero attached hydrogens (tertiary/aromatic N) is 2. The zero-order valence-electron chi connectivity index (χ0n) is 12.9. The minimum Gasteiger partial charge on any atom is -0.470 e. The van der Waals surface area contributed by atoms with Gasteiger partial charge in [0.2, 0.25) is 11.8 Å². The molecule has 3 N–H and O–H groups in total. The summed E-state index contributed by atoms with van der Waals surface area (Å²) in [6.07, 6.45) is 0. The van der Waals surface area contributed by atoms with Crippen LogP contribution >= 0.6 is 0 Å². The third-order valence-corrected chi connectivity index (χ3v) is 2.61. The minimum absolute atomic E-state index is 0.00409. The topological polar surface area (TPSA) is 80.5 Å². The molecular weight excluding hydrogens is 256 g/mol. The summed E-state index contributed by atoms with van der Waals surface area (Å²) in [5.74, 6) is 0.944.